The molecule has 4 nitrogen and oxygen atoms in total. The van der Waals surface area contributed by atoms with Crippen molar-refractivity contribution >= 4 is 0 Å². The third-order valence-corrected chi connectivity index (χ3v) is 3.70. The van der Waals surface area contributed by atoms with E-state index in [0.717, 1.165) is 45.6 Å². The first-order chi connectivity index (χ1) is 7.30. The van der Waals surface area contributed by atoms with Gasteiger partial charge in [-0.05, 0) is 19.8 Å². The number of hydrogen-bond acceptors (Lipinski definition) is 4. The summed E-state index contributed by atoms with van der Waals surface area (Å²) >= 11 is 0. The first kappa shape index (κ1) is 11.3. The van der Waals surface area contributed by atoms with Crippen molar-refractivity contribution in [2.24, 2.45) is 0 Å². The second-order valence-electron chi connectivity index (χ2n) is 4.61. The molecule has 0 amide bonds. The van der Waals surface area contributed by atoms with E-state index >= 15 is 0 Å². The number of aliphatic hydroxyl groups is 1. The summed E-state index contributed by atoms with van der Waals surface area (Å²) in [5.41, 5.74) is 0.0297. The zero-order valence-corrected chi connectivity index (χ0v) is 9.54. The van der Waals surface area contributed by atoms with Gasteiger partial charge in [0.1, 0.15) is 0 Å². The van der Waals surface area contributed by atoms with Crippen LogP contribution in [-0.4, -0.2) is 61.0 Å². The van der Waals surface area contributed by atoms with Gasteiger partial charge in [0.2, 0.25) is 0 Å². The van der Waals surface area contributed by atoms with Crippen LogP contribution in [0.2, 0.25) is 0 Å². The van der Waals surface area contributed by atoms with Crippen LogP contribution in [0.4, 0.5) is 0 Å². The fourth-order valence-electron chi connectivity index (χ4n) is 2.77. The van der Waals surface area contributed by atoms with Gasteiger partial charge in [-0.25, -0.2) is 0 Å². The molecule has 0 radical (unpaired) electrons. The Morgan fingerprint density at radius 1 is 1.40 bits per heavy atom. The normalized spacial score (nSPS) is 37.6. The number of aliphatic hydroxyl groups excluding tert-OH is 1. The van der Waals surface area contributed by atoms with Gasteiger partial charge in [0.05, 0.1) is 12.7 Å². The van der Waals surface area contributed by atoms with Crippen molar-refractivity contribution in [2.45, 2.75) is 31.4 Å². The highest BCUT2D eigenvalue weighted by atomic mass is 16.5. The van der Waals surface area contributed by atoms with Crippen LogP contribution in [0.1, 0.15) is 19.8 Å². The lowest BCUT2D eigenvalue weighted by molar-refractivity contribution is -0.126. The van der Waals surface area contributed by atoms with Gasteiger partial charge in [0.25, 0.3) is 0 Å². The molecule has 2 fully saturated rings. The van der Waals surface area contributed by atoms with Crippen molar-refractivity contribution < 1.29 is 9.84 Å². The Bertz CT molecular complexity index is 199. The van der Waals surface area contributed by atoms with Gasteiger partial charge in [-0.3, -0.25) is 4.90 Å². The molecule has 1 saturated heterocycles. The number of nitrogens with zero attached hydrogens (tertiary/aromatic N) is 1. The standard InChI is InChI=1S/C11H22N2O2/c1-2-15-10-7-11(8-10,9-14)13-5-3-12-4-6-13/h10,12,14H,2-9H2,1H3. The second kappa shape index (κ2) is 4.78. The predicted molar refractivity (Wildman–Crippen MR) is 58.9 cm³/mol. The molecule has 0 spiro atoms. The molecule has 0 atom stereocenters. The minimum Gasteiger partial charge on any atom is -0.394 e. The Morgan fingerprint density at radius 3 is 2.60 bits per heavy atom. The van der Waals surface area contributed by atoms with Crippen LogP contribution >= 0.6 is 0 Å². The van der Waals surface area contributed by atoms with Gasteiger partial charge in [-0.2, -0.15) is 0 Å². The molecular formula is C11H22N2O2. The smallest absolute Gasteiger partial charge is 0.0617 e. The fraction of sp³-hybridized carbons (Fsp3) is 1.00. The molecule has 0 bridgehead atoms. The topological polar surface area (TPSA) is 44.7 Å². The van der Waals surface area contributed by atoms with E-state index in [-0.39, 0.29) is 12.1 Å². The van der Waals surface area contributed by atoms with Gasteiger partial charge < -0.3 is 15.2 Å². The maximum absolute atomic E-state index is 9.56. The molecule has 0 aromatic rings. The van der Waals surface area contributed by atoms with Gasteiger partial charge in [-0.15, -0.1) is 0 Å². The molecule has 1 saturated carbocycles. The Balaban J connectivity index is 1.87. The summed E-state index contributed by atoms with van der Waals surface area (Å²) in [6, 6.07) is 0. The Labute approximate surface area is 91.6 Å². The largest absolute Gasteiger partial charge is 0.394 e. The average molecular weight is 214 g/mol. The molecule has 2 rings (SSSR count). The molecule has 0 aromatic heterocycles. The van der Waals surface area contributed by atoms with E-state index in [0.29, 0.717) is 6.10 Å². The van der Waals surface area contributed by atoms with Gasteiger partial charge in [0, 0.05) is 38.3 Å². The summed E-state index contributed by atoms with van der Waals surface area (Å²) in [5.74, 6) is 0. The van der Waals surface area contributed by atoms with Crippen LogP contribution < -0.4 is 5.32 Å². The van der Waals surface area contributed by atoms with Gasteiger partial charge in [-0.1, -0.05) is 0 Å². The number of piperazine rings is 1. The zero-order chi connectivity index (χ0) is 10.7. The number of ether oxygens (including phenoxy) is 1. The van der Waals surface area contributed by atoms with E-state index in [1.54, 1.807) is 0 Å². The molecule has 4 heteroatoms. The molecule has 0 unspecified atom stereocenters. The van der Waals surface area contributed by atoms with Crippen molar-refractivity contribution in [1.82, 2.24) is 10.2 Å². The molecule has 15 heavy (non-hydrogen) atoms. The van der Waals surface area contributed by atoms with E-state index < -0.39 is 0 Å². The van der Waals surface area contributed by atoms with Gasteiger partial charge >= 0.3 is 0 Å². The van der Waals surface area contributed by atoms with Crippen LogP contribution in [0.5, 0.6) is 0 Å². The van der Waals surface area contributed by atoms with Crippen LogP contribution in [-0.2, 0) is 4.74 Å². The summed E-state index contributed by atoms with van der Waals surface area (Å²) < 4.78 is 5.57. The van der Waals surface area contributed by atoms with Crippen LogP contribution in [0.3, 0.4) is 0 Å². The maximum atomic E-state index is 9.56. The van der Waals surface area contributed by atoms with Crippen molar-refractivity contribution in [3.63, 3.8) is 0 Å². The number of nitrogens with one attached hydrogen (secondary N) is 1. The number of hydrogen-bond donors (Lipinski definition) is 2. The van der Waals surface area contributed by atoms with Crippen molar-refractivity contribution in [1.29, 1.82) is 0 Å². The lowest BCUT2D eigenvalue weighted by atomic mass is 9.73. The minimum atomic E-state index is 0.0297. The van der Waals surface area contributed by atoms with Crippen LogP contribution in [0, 0.1) is 0 Å². The van der Waals surface area contributed by atoms with Gasteiger partial charge in [0.15, 0.2) is 0 Å². The van der Waals surface area contributed by atoms with Crippen LogP contribution in [0.25, 0.3) is 0 Å². The van der Waals surface area contributed by atoms with E-state index in [1.165, 1.54) is 0 Å². The second-order valence-corrected chi connectivity index (χ2v) is 4.61. The van der Waals surface area contributed by atoms with Crippen LogP contribution in [0.15, 0.2) is 0 Å². The molecular weight excluding hydrogens is 192 g/mol. The van der Waals surface area contributed by atoms with E-state index in [4.69, 9.17) is 4.74 Å². The summed E-state index contributed by atoms with van der Waals surface area (Å²) in [5, 5.41) is 12.9. The highest BCUT2D eigenvalue weighted by Crippen LogP contribution is 2.39. The minimum absolute atomic E-state index is 0.0297. The Hall–Kier alpha value is -0.160. The molecule has 2 N–H and O–H groups in total. The zero-order valence-electron chi connectivity index (χ0n) is 9.54. The first-order valence-corrected chi connectivity index (χ1v) is 5.99. The van der Waals surface area contributed by atoms with E-state index in [1.807, 2.05) is 6.92 Å². The summed E-state index contributed by atoms with van der Waals surface area (Å²) in [7, 11) is 0. The average Bonchev–Trinajstić information content (AvgIpc) is 2.24. The SMILES string of the molecule is CCOC1CC(CO)(N2CCNCC2)C1. The summed E-state index contributed by atoms with van der Waals surface area (Å²) in [4.78, 5) is 2.43. The monoisotopic (exact) mass is 214 g/mol. The molecule has 1 aliphatic heterocycles. The third-order valence-electron chi connectivity index (χ3n) is 3.70. The fourth-order valence-corrected chi connectivity index (χ4v) is 2.77. The molecule has 0 aromatic carbocycles. The van der Waals surface area contributed by atoms with Crippen molar-refractivity contribution in [3.8, 4) is 0 Å². The highest BCUT2D eigenvalue weighted by Gasteiger charge is 2.48. The molecule has 88 valence electrons. The van der Waals surface area contributed by atoms with Crippen molar-refractivity contribution in [2.75, 3.05) is 39.4 Å². The van der Waals surface area contributed by atoms with E-state index in [2.05, 4.69) is 10.2 Å². The third kappa shape index (κ3) is 2.18. The summed E-state index contributed by atoms with van der Waals surface area (Å²) in [6.07, 6.45) is 2.37. The Morgan fingerprint density at radius 2 is 2.07 bits per heavy atom. The molecule has 2 aliphatic rings. The molecule has 1 heterocycles. The quantitative estimate of drug-likeness (QED) is 0.681. The van der Waals surface area contributed by atoms with Crippen molar-refractivity contribution in [3.05, 3.63) is 0 Å². The first-order valence-electron chi connectivity index (χ1n) is 5.99. The number of rotatable bonds is 4. The Kier molecular flexibility index (Phi) is 3.61. The molecule has 1 aliphatic carbocycles. The summed E-state index contributed by atoms with van der Waals surface area (Å²) in [6.45, 7) is 7.29. The van der Waals surface area contributed by atoms with E-state index in [9.17, 15) is 5.11 Å². The highest BCUT2D eigenvalue weighted by molar-refractivity contribution is 5.04. The lowest BCUT2D eigenvalue weighted by Crippen LogP contribution is -2.65. The predicted octanol–water partition coefficient (Wildman–Crippen LogP) is -0.178. The lowest BCUT2D eigenvalue weighted by Gasteiger charge is -2.54. The maximum Gasteiger partial charge on any atom is 0.0617 e.